The molecule has 1 N–H and O–H groups in total. The molecule has 7 nitrogen and oxygen atoms in total. The summed E-state index contributed by atoms with van der Waals surface area (Å²) in [5.41, 5.74) is -1.85. The van der Waals surface area contributed by atoms with E-state index in [1.807, 2.05) is 0 Å². The largest absolute Gasteiger partial charge is 0.484 e. The molecule has 0 spiro atoms. The van der Waals surface area contributed by atoms with Gasteiger partial charge in [0, 0.05) is 5.39 Å². The highest BCUT2D eigenvalue weighted by molar-refractivity contribution is 6.05. The van der Waals surface area contributed by atoms with Crippen LogP contribution in [0.15, 0.2) is 22.6 Å². The topological polar surface area (TPSA) is 95.2 Å². The number of furan rings is 1. The predicted octanol–water partition coefficient (Wildman–Crippen LogP) is 2.76. The van der Waals surface area contributed by atoms with E-state index in [4.69, 9.17) is 9.15 Å². The maximum absolute atomic E-state index is 12.5. The maximum atomic E-state index is 12.5. The molecule has 0 bridgehead atoms. The first-order chi connectivity index (χ1) is 12.5. The number of aliphatic hydroxyl groups excluding tert-OH is 1. The number of ether oxygens (including phenoxy) is 3. The summed E-state index contributed by atoms with van der Waals surface area (Å²) in [6.07, 6.45) is -4.52. The summed E-state index contributed by atoms with van der Waals surface area (Å²) in [4.78, 5) is 24.3. The fraction of sp³-hybridized carbons (Fsp3) is 0.412. The molecule has 1 atom stereocenters. The van der Waals surface area contributed by atoms with Gasteiger partial charge in [0.2, 0.25) is 5.60 Å². The van der Waals surface area contributed by atoms with E-state index in [0.29, 0.717) is 0 Å². The molecule has 1 aromatic heterocycles. The van der Waals surface area contributed by atoms with E-state index in [1.54, 1.807) is 0 Å². The number of carbonyl (C=O) groups excluding carboxylic acids is 2. The van der Waals surface area contributed by atoms with Crippen LogP contribution in [0.1, 0.15) is 23.0 Å². The number of rotatable bonds is 6. The second-order valence-electron chi connectivity index (χ2n) is 5.87. The van der Waals surface area contributed by atoms with Crippen molar-refractivity contribution >= 4 is 22.9 Å². The van der Waals surface area contributed by atoms with Crippen LogP contribution in [0.4, 0.5) is 13.2 Å². The Morgan fingerprint density at radius 1 is 1.26 bits per heavy atom. The number of hydrogen-bond donors (Lipinski definition) is 1. The Morgan fingerprint density at radius 3 is 2.48 bits per heavy atom. The van der Waals surface area contributed by atoms with Crippen LogP contribution in [0.5, 0.6) is 5.75 Å². The van der Waals surface area contributed by atoms with Gasteiger partial charge in [-0.05, 0) is 32.0 Å². The molecule has 2 rings (SSSR count). The highest BCUT2D eigenvalue weighted by Crippen LogP contribution is 2.31. The fourth-order valence-electron chi connectivity index (χ4n) is 2.32. The summed E-state index contributed by atoms with van der Waals surface area (Å²) in [7, 11) is 1.06. The van der Waals surface area contributed by atoms with Gasteiger partial charge < -0.3 is 23.7 Å². The van der Waals surface area contributed by atoms with Gasteiger partial charge in [-0.25, -0.2) is 9.59 Å². The molecule has 0 aliphatic heterocycles. The molecule has 0 aliphatic carbocycles. The predicted molar refractivity (Wildman–Crippen MR) is 85.4 cm³/mol. The lowest BCUT2D eigenvalue weighted by atomic mass is 10.1. The molecule has 0 aliphatic rings. The van der Waals surface area contributed by atoms with Gasteiger partial charge in [-0.15, -0.1) is 0 Å². The Hall–Kier alpha value is -2.75. The Kier molecular flexibility index (Phi) is 5.69. The minimum atomic E-state index is -4.52. The molecule has 148 valence electrons. The van der Waals surface area contributed by atoms with Gasteiger partial charge in [0.05, 0.1) is 13.7 Å². The molecule has 0 amide bonds. The quantitative estimate of drug-likeness (QED) is 0.758. The lowest BCUT2D eigenvalue weighted by molar-refractivity contribution is -0.165. The van der Waals surface area contributed by atoms with Crippen molar-refractivity contribution in [2.75, 3.05) is 20.3 Å². The van der Waals surface area contributed by atoms with Gasteiger partial charge in [-0.3, -0.25) is 0 Å². The third-order valence-electron chi connectivity index (χ3n) is 3.68. The third-order valence-corrected chi connectivity index (χ3v) is 3.68. The lowest BCUT2D eigenvalue weighted by Crippen LogP contribution is -2.44. The normalized spacial score (nSPS) is 13.9. The summed E-state index contributed by atoms with van der Waals surface area (Å²) < 4.78 is 56.6. The van der Waals surface area contributed by atoms with Gasteiger partial charge in [0.15, 0.2) is 6.61 Å². The zero-order chi connectivity index (χ0) is 20.4. The molecule has 0 saturated heterocycles. The zero-order valence-electron chi connectivity index (χ0n) is 14.7. The van der Waals surface area contributed by atoms with Crippen molar-refractivity contribution in [3.05, 3.63) is 29.5 Å². The monoisotopic (exact) mass is 390 g/mol. The van der Waals surface area contributed by atoms with Gasteiger partial charge >= 0.3 is 18.1 Å². The number of methoxy groups -OCH3 is 1. The van der Waals surface area contributed by atoms with E-state index in [9.17, 15) is 27.9 Å². The van der Waals surface area contributed by atoms with Crippen LogP contribution in [0.3, 0.4) is 0 Å². The Balaban J connectivity index is 2.37. The standard InChI is InChI=1S/C17H17F3O7/c1-9-13(14(22)27-16(2,7-21)15(23)24-3)11-6-10(4-5-12(11)26-9)25-8-17(18,19)20/h4-6,21H,7-8H2,1-3H3. The number of halogens is 3. The van der Waals surface area contributed by atoms with Crippen molar-refractivity contribution in [2.45, 2.75) is 25.6 Å². The molecular weight excluding hydrogens is 373 g/mol. The number of aryl methyl sites for hydroxylation is 1. The Bertz CT molecular complexity index is 856. The number of fused-ring (bicyclic) bond motifs is 1. The molecule has 27 heavy (non-hydrogen) atoms. The highest BCUT2D eigenvalue weighted by atomic mass is 19.4. The highest BCUT2D eigenvalue weighted by Gasteiger charge is 2.39. The number of carbonyl (C=O) groups is 2. The first kappa shape index (κ1) is 20.6. The number of esters is 2. The van der Waals surface area contributed by atoms with Crippen LogP contribution >= 0.6 is 0 Å². The second-order valence-corrected chi connectivity index (χ2v) is 5.87. The number of aliphatic hydroxyl groups is 1. The molecule has 1 unspecified atom stereocenters. The summed E-state index contributed by atoms with van der Waals surface area (Å²) in [6, 6.07) is 3.80. The van der Waals surface area contributed by atoms with Crippen LogP contribution < -0.4 is 4.74 Å². The van der Waals surface area contributed by atoms with Gasteiger partial charge in [0.25, 0.3) is 0 Å². The Labute approximate surface area is 151 Å². The van der Waals surface area contributed by atoms with Crippen LogP contribution in [0.2, 0.25) is 0 Å². The molecule has 1 aromatic carbocycles. The smallest absolute Gasteiger partial charge is 0.422 e. The van der Waals surface area contributed by atoms with Crippen molar-refractivity contribution in [1.29, 1.82) is 0 Å². The Morgan fingerprint density at radius 2 is 1.93 bits per heavy atom. The fourth-order valence-corrected chi connectivity index (χ4v) is 2.32. The first-order valence-electron chi connectivity index (χ1n) is 7.66. The first-order valence-corrected chi connectivity index (χ1v) is 7.66. The molecule has 1 heterocycles. The minimum absolute atomic E-state index is 0.106. The molecule has 10 heteroatoms. The lowest BCUT2D eigenvalue weighted by Gasteiger charge is -2.24. The average Bonchev–Trinajstić information content (AvgIpc) is 2.93. The van der Waals surface area contributed by atoms with Crippen molar-refractivity contribution < 1.29 is 46.5 Å². The van der Waals surface area contributed by atoms with Gasteiger partial charge in [-0.1, -0.05) is 0 Å². The summed E-state index contributed by atoms with van der Waals surface area (Å²) >= 11 is 0. The summed E-state index contributed by atoms with van der Waals surface area (Å²) in [5.74, 6) is -2.00. The maximum Gasteiger partial charge on any atom is 0.422 e. The van der Waals surface area contributed by atoms with Crippen molar-refractivity contribution in [2.24, 2.45) is 0 Å². The van der Waals surface area contributed by atoms with Crippen LogP contribution in [-0.4, -0.2) is 49.1 Å². The molecular formula is C17H17F3O7. The van der Waals surface area contributed by atoms with Crippen LogP contribution in [0.25, 0.3) is 11.0 Å². The van der Waals surface area contributed by atoms with E-state index in [2.05, 4.69) is 9.47 Å². The third kappa shape index (κ3) is 4.51. The average molecular weight is 390 g/mol. The van der Waals surface area contributed by atoms with E-state index >= 15 is 0 Å². The minimum Gasteiger partial charge on any atom is -0.484 e. The zero-order valence-corrected chi connectivity index (χ0v) is 14.7. The van der Waals surface area contributed by atoms with Crippen molar-refractivity contribution in [3.8, 4) is 5.75 Å². The van der Waals surface area contributed by atoms with E-state index in [1.165, 1.54) is 25.1 Å². The molecule has 0 fully saturated rings. The number of benzene rings is 1. The molecule has 0 saturated carbocycles. The SMILES string of the molecule is COC(=O)C(C)(CO)OC(=O)c1c(C)oc2ccc(OCC(F)(F)F)cc12. The molecule has 0 radical (unpaired) electrons. The second kappa shape index (κ2) is 7.47. The van der Waals surface area contributed by atoms with Crippen molar-refractivity contribution in [3.63, 3.8) is 0 Å². The van der Waals surface area contributed by atoms with Gasteiger partial charge in [0.1, 0.15) is 22.7 Å². The molecule has 2 aromatic rings. The van der Waals surface area contributed by atoms with Gasteiger partial charge in [-0.2, -0.15) is 13.2 Å². The summed E-state index contributed by atoms with van der Waals surface area (Å²) in [6.45, 7) is 0.272. The number of alkyl halides is 3. The van der Waals surface area contributed by atoms with E-state index < -0.39 is 36.9 Å². The van der Waals surface area contributed by atoms with Crippen LogP contribution in [0, 0.1) is 6.92 Å². The van der Waals surface area contributed by atoms with Crippen molar-refractivity contribution in [1.82, 2.24) is 0 Å². The van der Waals surface area contributed by atoms with E-state index in [0.717, 1.165) is 14.0 Å². The summed E-state index contributed by atoms with van der Waals surface area (Å²) in [5, 5.41) is 9.52. The van der Waals surface area contributed by atoms with Crippen LogP contribution in [-0.2, 0) is 14.3 Å². The van der Waals surface area contributed by atoms with E-state index in [-0.39, 0.29) is 28.0 Å². The number of hydrogen-bond acceptors (Lipinski definition) is 7.